The molecule has 0 atom stereocenters. The molecule has 130 valence electrons. The number of nitrogens with zero attached hydrogens (tertiary/aromatic N) is 1. The number of rotatable bonds is 9. The van der Waals surface area contributed by atoms with Gasteiger partial charge in [0.1, 0.15) is 0 Å². The summed E-state index contributed by atoms with van der Waals surface area (Å²) < 4.78 is 5.73. The van der Waals surface area contributed by atoms with E-state index in [0.717, 1.165) is 32.6 Å². The molecule has 24 heavy (non-hydrogen) atoms. The predicted octanol–water partition coefficient (Wildman–Crippen LogP) is 4.52. The highest BCUT2D eigenvalue weighted by atomic mass is 16.5. The molecule has 0 saturated carbocycles. The largest absolute Gasteiger partial charge is 0.381 e. The molecular weight excluding hydrogens is 294 g/mol. The van der Waals surface area contributed by atoms with Gasteiger partial charge in [-0.3, -0.25) is 0 Å². The Morgan fingerprint density at radius 3 is 2.08 bits per heavy atom. The minimum absolute atomic E-state index is 0.0302. The lowest BCUT2D eigenvalue weighted by Gasteiger charge is -2.26. The zero-order valence-corrected chi connectivity index (χ0v) is 15.6. The summed E-state index contributed by atoms with van der Waals surface area (Å²) in [4.78, 5) is 2.19. The number of benzene rings is 2. The highest BCUT2D eigenvalue weighted by molar-refractivity contribution is 5.38. The van der Waals surface area contributed by atoms with Crippen molar-refractivity contribution in [3.05, 3.63) is 71.3 Å². The second kappa shape index (κ2) is 9.00. The first-order chi connectivity index (χ1) is 11.5. The monoisotopic (exact) mass is 325 g/mol. The summed E-state index contributed by atoms with van der Waals surface area (Å²) in [5.74, 6) is 0. The van der Waals surface area contributed by atoms with Crippen molar-refractivity contribution in [2.45, 2.75) is 32.1 Å². The fourth-order valence-electron chi connectivity index (χ4n) is 2.88. The van der Waals surface area contributed by atoms with E-state index in [0.29, 0.717) is 0 Å². The smallest absolute Gasteiger partial charge is 0.0506 e. The van der Waals surface area contributed by atoms with Crippen LogP contribution in [0.5, 0.6) is 0 Å². The molecule has 0 aliphatic carbocycles. The molecule has 2 rings (SSSR count). The molecule has 0 heterocycles. The molecule has 0 aromatic heterocycles. The number of ether oxygens (including phenoxy) is 1. The highest BCUT2D eigenvalue weighted by Crippen LogP contribution is 2.31. The topological polar surface area (TPSA) is 12.5 Å². The summed E-state index contributed by atoms with van der Waals surface area (Å²) in [5, 5.41) is 0. The van der Waals surface area contributed by atoms with Crippen LogP contribution in [0, 0.1) is 0 Å². The molecule has 2 nitrogen and oxygen atoms in total. The lowest BCUT2D eigenvalue weighted by atomic mass is 9.78. The van der Waals surface area contributed by atoms with Gasteiger partial charge in [0.25, 0.3) is 0 Å². The molecule has 0 N–H and O–H groups in total. The van der Waals surface area contributed by atoms with Crippen molar-refractivity contribution < 1.29 is 4.74 Å². The van der Waals surface area contributed by atoms with Crippen LogP contribution in [0.1, 0.15) is 37.0 Å². The Morgan fingerprint density at radius 2 is 1.46 bits per heavy atom. The Labute approximate surface area is 147 Å². The van der Waals surface area contributed by atoms with Crippen LogP contribution < -0.4 is 0 Å². The van der Waals surface area contributed by atoms with Crippen LogP contribution in [0.2, 0.25) is 0 Å². The van der Waals surface area contributed by atoms with Crippen molar-refractivity contribution >= 4 is 0 Å². The lowest BCUT2D eigenvalue weighted by Crippen LogP contribution is -2.18. The summed E-state index contributed by atoms with van der Waals surface area (Å²) >= 11 is 0. The van der Waals surface area contributed by atoms with Gasteiger partial charge in [0.15, 0.2) is 0 Å². The zero-order valence-electron chi connectivity index (χ0n) is 15.6. The summed E-state index contributed by atoms with van der Waals surface area (Å²) in [6, 6.07) is 19.7. The molecule has 0 radical (unpaired) electrons. The number of hydrogen-bond donors (Lipinski definition) is 0. The molecule has 2 aromatic carbocycles. The van der Waals surface area contributed by atoms with Gasteiger partial charge in [-0.15, -0.1) is 0 Å². The summed E-state index contributed by atoms with van der Waals surface area (Å²) in [6.45, 7) is 7.30. The first-order valence-corrected chi connectivity index (χ1v) is 8.87. The van der Waals surface area contributed by atoms with E-state index < -0.39 is 0 Å². The highest BCUT2D eigenvalue weighted by Gasteiger charge is 2.22. The minimum Gasteiger partial charge on any atom is -0.381 e. The summed E-state index contributed by atoms with van der Waals surface area (Å²) in [6.07, 6.45) is 2.07. The summed E-state index contributed by atoms with van der Waals surface area (Å²) in [7, 11) is 4.19. The fourth-order valence-corrected chi connectivity index (χ4v) is 2.88. The molecule has 2 heteroatoms. The number of hydrogen-bond acceptors (Lipinski definition) is 2. The van der Waals surface area contributed by atoms with E-state index in [1.165, 1.54) is 16.7 Å². The van der Waals surface area contributed by atoms with Gasteiger partial charge in [-0.05, 0) is 50.2 Å². The second-order valence-corrected chi connectivity index (χ2v) is 7.21. The van der Waals surface area contributed by atoms with Crippen molar-refractivity contribution in [1.29, 1.82) is 0 Å². The molecular formula is C22H31NO. The van der Waals surface area contributed by atoms with E-state index in [1.807, 2.05) is 0 Å². The Bertz CT molecular complexity index is 587. The molecule has 2 aromatic rings. The quantitative estimate of drug-likeness (QED) is 0.628. The average molecular weight is 325 g/mol. The first kappa shape index (κ1) is 18.7. The molecule has 0 aliphatic rings. The maximum Gasteiger partial charge on any atom is 0.0506 e. The standard InChI is InChI=1S/C22H31NO/c1-22(2,20-9-6-5-7-10-20)21-13-11-19(12-14-21)15-18-24-17-8-16-23(3)4/h5-7,9-14H,8,15-18H2,1-4H3. The van der Waals surface area contributed by atoms with Crippen LogP contribution in [0.3, 0.4) is 0 Å². The van der Waals surface area contributed by atoms with Gasteiger partial charge in [-0.1, -0.05) is 68.4 Å². The van der Waals surface area contributed by atoms with Crippen LogP contribution in [0.25, 0.3) is 0 Å². The molecule has 0 unspecified atom stereocenters. The average Bonchev–Trinajstić information content (AvgIpc) is 2.59. The molecule has 0 bridgehead atoms. The van der Waals surface area contributed by atoms with Gasteiger partial charge in [0, 0.05) is 12.0 Å². The molecule has 0 saturated heterocycles. The van der Waals surface area contributed by atoms with Crippen LogP contribution in [-0.4, -0.2) is 38.8 Å². The Balaban J connectivity index is 1.85. The maximum atomic E-state index is 5.73. The Hall–Kier alpha value is -1.64. The molecule has 0 spiro atoms. The van der Waals surface area contributed by atoms with Crippen LogP contribution in [0.4, 0.5) is 0 Å². The van der Waals surface area contributed by atoms with Crippen LogP contribution >= 0.6 is 0 Å². The van der Waals surface area contributed by atoms with Crippen molar-refractivity contribution in [3.8, 4) is 0 Å². The van der Waals surface area contributed by atoms with Gasteiger partial charge in [-0.2, -0.15) is 0 Å². The lowest BCUT2D eigenvalue weighted by molar-refractivity contribution is 0.128. The van der Waals surface area contributed by atoms with Crippen molar-refractivity contribution in [3.63, 3.8) is 0 Å². The molecule has 0 aliphatic heterocycles. The van der Waals surface area contributed by atoms with Crippen molar-refractivity contribution in [2.24, 2.45) is 0 Å². The first-order valence-electron chi connectivity index (χ1n) is 8.87. The van der Waals surface area contributed by atoms with E-state index in [1.54, 1.807) is 0 Å². The third kappa shape index (κ3) is 5.47. The Kier molecular flexibility index (Phi) is 7.01. The van der Waals surface area contributed by atoms with Gasteiger partial charge >= 0.3 is 0 Å². The van der Waals surface area contributed by atoms with Crippen LogP contribution in [0.15, 0.2) is 54.6 Å². The fraction of sp³-hybridized carbons (Fsp3) is 0.455. The van der Waals surface area contributed by atoms with Crippen LogP contribution in [-0.2, 0) is 16.6 Å². The summed E-state index contributed by atoms with van der Waals surface area (Å²) in [5.41, 5.74) is 4.07. The third-order valence-electron chi connectivity index (χ3n) is 4.60. The zero-order chi connectivity index (χ0) is 17.4. The van der Waals surface area contributed by atoms with E-state index in [2.05, 4.69) is 87.4 Å². The minimum atomic E-state index is 0.0302. The van der Waals surface area contributed by atoms with Gasteiger partial charge < -0.3 is 9.64 Å². The molecule has 0 amide bonds. The maximum absolute atomic E-state index is 5.73. The third-order valence-corrected chi connectivity index (χ3v) is 4.60. The second-order valence-electron chi connectivity index (χ2n) is 7.21. The van der Waals surface area contributed by atoms with E-state index in [-0.39, 0.29) is 5.41 Å². The van der Waals surface area contributed by atoms with Crippen molar-refractivity contribution in [2.75, 3.05) is 33.9 Å². The SMILES string of the molecule is CN(C)CCCOCCc1ccc(C(C)(C)c2ccccc2)cc1. The molecule has 0 fully saturated rings. The van der Waals surface area contributed by atoms with E-state index in [9.17, 15) is 0 Å². The Morgan fingerprint density at radius 1 is 0.833 bits per heavy atom. The van der Waals surface area contributed by atoms with Gasteiger partial charge in [-0.25, -0.2) is 0 Å². The van der Waals surface area contributed by atoms with Gasteiger partial charge in [0.2, 0.25) is 0 Å². The predicted molar refractivity (Wildman–Crippen MR) is 103 cm³/mol. The normalized spacial score (nSPS) is 11.9. The van der Waals surface area contributed by atoms with E-state index in [4.69, 9.17) is 4.74 Å². The van der Waals surface area contributed by atoms with Crippen molar-refractivity contribution in [1.82, 2.24) is 4.90 Å². The van der Waals surface area contributed by atoms with E-state index >= 15 is 0 Å². The van der Waals surface area contributed by atoms with Gasteiger partial charge in [0.05, 0.1) is 6.61 Å².